The zero-order chi connectivity index (χ0) is 9.61. The molecule has 0 rings (SSSR count). The van der Waals surface area contributed by atoms with E-state index in [4.69, 9.17) is 5.11 Å². The number of carbonyl (C=O) groups is 1. The van der Waals surface area contributed by atoms with E-state index >= 15 is 0 Å². The predicted octanol–water partition coefficient (Wildman–Crippen LogP) is 3.07. The van der Waals surface area contributed by atoms with E-state index in [2.05, 4.69) is 20.8 Å². The first kappa shape index (κ1) is 15.6. The number of rotatable bonds is 5. The Morgan fingerprint density at radius 1 is 1.15 bits per heavy atom. The van der Waals surface area contributed by atoms with Gasteiger partial charge in [0.25, 0.3) is 0 Å². The van der Waals surface area contributed by atoms with Crippen LogP contribution in [-0.4, -0.2) is 11.1 Å². The van der Waals surface area contributed by atoms with Gasteiger partial charge in [-0.05, 0) is 18.3 Å². The molecule has 0 saturated heterocycles. The second-order valence-electron chi connectivity index (χ2n) is 4.52. The molecule has 0 aliphatic carbocycles. The Bertz CT molecular complexity index is 138. The normalized spacial score (nSPS) is 10.7. The molecular formula is C10H20O2Pt. The average molecular weight is 367 g/mol. The second-order valence-corrected chi connectivity index (χ2v) is 4.52. The van der Waals surface area contributed by atoms with Gasteiger partial charge in [0.15, 0.2) is 0 Å². The molecule has 0 bridgehead atoms. The van der Waals surface area contributed by atoms with Crippen LogP contribution in [0.3, 0.4) is 0 Å². The Balaban J connectivity index is 0. The molecule has 0 saturated carbocycles. The number of aliphatic carboxylic acids is 1. The smallest absolute Gasteiger partial charge is 0.303 e. The number of carboxylic acids is 1. The zero-order valence-corrected chi connectivity index (χ0v) is 11.0. The van der Waals surface area contributed by atoms with E-state index in [0.29, 0.717) is 11.8 Å². The zero-order valence-electron chi connectivity index (χ0n) is 8.71. The molecule has 0 aromatic carbocycles. The third-order valence-corrected chi connectivity index (χ3v) is 1.82. The standard InChI is InChI=1S/C10H20O2.Pt/c1-10(2,3)8-6-4-5-7-9(11)12;/h4-8H2,1-3H3,(H,11,12);. The van der Waals surface area contributed by atoms with Crippen molar-refractivity contribution in [1.29, 1.82) is 0 Å². The average Bonchev–Trinajstić information content (AvgIpc) is 1.83. The van der Waals surface area contributed by atoms with Crippen molar-refractivity contribution in [3.63, 3.8) is 0 Å². The van der Waals surface area contributed by atoms with Crippen molar-refractivity contribution in [1.82, 2.24) is 0 Å². The summed E-state index contributed by atoms with van der Waals surface area (Å²) in [6.45, 7) is 6.64. The Morgan fingerprint density at radius 3 is 2.08 bits per heavy atom. The molecule has 0 aromatic heterocycles. The van der Waals surface area contributed by atoms with E-state index in [-0.39, 0.29) is 21.1 Å². The molecule has 0 fully saturated rings. The molecule has 3 heteroatoms. The molecule has 0 spiro atoms. The van der Waals surface area contributed by atoms with E-state index in [1.54, 1.807) is 0 Å². The Kier molecular flexibility index (Phi) is 9.08. The molecule has 0 aliphatic rings. The molecular weight excluding hydrogens is 347 g/mol. The SMILES string of the molecule is CC(C)(C)CCCCCC(=O)O.[Pt]. The van der Waals surface area contributed by atoms with Crippen molar-refractivity contribution < 1.29 is 31.0 Å². The van der Waals surface area contributed by atoms with Crippen LogP contribution in [0.15, 0.2) is 0 Å². The first-order valence-electron chi connectivity index (χ1n) is 4.63. The van der Waals surface area contributed by atoms with Gasteiger partial charge in [-0.25, -0.2) is 0 Å². The summed E-state index contributed by atoms with van der Waals surface area (Å²) in [7, 11) is 0. The van der Waals surface area contributed by atoms with Gasteiger partial charge in [0, 0.05) is 27.5 Å². The van der Waals surface area contributed by atoms with Gasteiger partial charge in [0.1, 0.15) is 0 Å². The van der Waals surface area contributed by atoms with Crippen molar-refractivity contribution in [2.75, 3.05) is 0 Å². The van der Waals surface area contributed by atoms with Gasteiger partial charge < -0.3 is 5.11 Å². The Hall–Kier alpha value is 0.158. The largest absolute Gasteiger partial charge is 0.481 e. The van der Waals surface area contributed by atoms with Crippen LogP contribution in [0.2, 0.25) is 0 Å². The maximum Gasteiger partial charge on any atom is 0.303 e. The Labute approximate surface area is 95.4 Å². The number of carboxylic acid groups (broad SMARTS) is 1. The van der Waals surface area contributed by atoms with E-state index in [1.165, 1.54) is 6.42 Å². The van der Waals surface area contributed by atoms with Crippen LogP contribution < -0.4 is 0 Å². The van der Waals surface area contributed by atoms with Gasteiger partial charge in [0.2, 0.25) is 0 Å². The van der Waals surface area contributed by atoms with E-state index in [0.717, 1.165) is 19.3 Å². The first-order chi connectivity index (χ1) is 5.42. The molecule has 0 amide bonds. The van der Waals surface area contributed by atoms with E-state index < -0.39 is 5.97 Å². The van der Waals surface area contributed by atoms with Crippen molar-refractivity contribution in [3.8, 4) is 0 Å². The topological polar surface area (TPSA) is 37.3 Å². The first-order valence-corrected chi connectivity index (χ1v) is 4.63. The molecule has 0 aromatic rings. The monoisotopic (exact) mass is 367 g/mol. The van der Waals surface area contributed by atoms with Crippen LogP contribution in [0.4, 0.5) is 0 Å². The number of hydrogen-bond acceptors (Lipinski definition) is 1. The van der Waals surface area contributed by atoms with Crippen LogP contribution in [0.1, 0.15) is 52.9 Å². The third-order valence-electron chi connectivity index (χ3n) is 1.82. The van der Waals surface area contributed by atoms with Gasteiger partial charge >= 0.3 is 5.97 Å². The van der Waals surface area contributed by atoms with Gasteiger partial charge in [-0.1, -0.05) is 33.6 Å². The third kappa shape index (κ3) is 15.0. The fourth-order valence-electron chi connectivity index (χ4n) is 1.11. The van der Waals surface area contributed by atoms with Crippen LogP contribution >= 0.6 is 0 Å². The van der Waals surface area contributed by atoms with Gasteiger partial charge in [0.05, 0.1) is 0 Å². The fraction of sp³-hybridized carbons (Fsp3) is 0.900. The van der Waals surface area contributed by atoms with Crippen molar-refractivity contribution in [2.45, 2.75) is 52.9 Å². The van der Waals surface area contributed by atoms with Gasteiger partial charge in [-0.15, -0.1) is 0 Å². The van der Waals surface area contributed by atoms with Crippen molar-refractivity contribution in [3.05, 3.63) is 0 Å². The van der Waals surface area contributed by atoms with Gasteiger partial charge in [-0.3, -0.25) is 4.79 Å². The summed E-state index contributed by atoms with van der Waals surface area (Å²) in [4.78, 5) is 10.2. The minimum absolute atomic E-state index is 0. The summed E-state index contributed by atoms with van der Waals surface area (Å²) < 4.78 is 0. The predicted molar refractivity (Wildman–Crippen MR) is 50.2 cm³/mol. The van der Waals surface area contributed by atoms with Crippen LogP contribution in [-0.2, 0) is 25.9 Å². The molecule has 82 valence electrons. The summed E-state index contributed by atoms with van der Waals surface area (Å²) in [6, 6.07) is 0. The quantitative estimate of drug-likeness (QED) is 0.759. The molecule has 0 atom stereocenters. The summed E-state index contributed by atoms with van der Waals surface area (Å²) >= 11 is 0. The molecule has 13 heavy (non-hydrogen) atoms. The molecule has 2 nitrogen and oxygen atoms in total. The Morgan fingerprint density at radius 2 is 1.69 bits per heavy atom. The summed E-state index contributed by atoms with van der Waals surface area (Å²) in [5.74, 6) is -0.675. The van der Waals surface area contributed by atoms with Crippen LogP contribution in [0.25, 0.3) is 0 Å². The summed E-state index contributed by atoms with van der Waals surface area (Å²) in [5.41, 5.74) is 0.392. The van der Waals surface area contributed by atoms with Crippen molar-refractivity contribution >= 4 is 5.97 Å². The summed E-state index contributed by atoms with van der Waals surface area (Å²) in [6.07, 6.45) is 4.53. The van der Waals surface area contributed by atoms with Crippen molar-refractivity contribution in [2.24, 2.45) is 5.41 Å². The minimum atomic E-state index is -0.675. The van der Waals surface area contributed by atoms with E-state index in [1.807, 2.05) is 0 Å². The fourth-order valence-corrected chi connectivity index (χ4v) is 1.11. The van der Waals surface area contributed by atoms with Crippen LogP contribution in [0.5, 0.6) is 0 Å². The maximum atomic E-state index is 10.2. The minimum Gasteiger partial charge on any atom is -0.481 e. The van der Waals surface area contributed by atoms with Crippen LogP contribution in [0, 0.1) is 5.41 Å². The molecule has 0 unspecified atom stereocenters. The number of hydrogen-bond donors (Lipinski definition) is 1. The molecule has 0 radical (unpaired) electrons. The maximum absolute atomic E-state index is 10.2. The number of unbranched alkanes of at least 4 members (excludes halogenated alkanes) is 2. The molecule has 1 N–H and O–H groups in total. The van der Waals surface area contributed by atoms with E-state index in [9.17, 15) is 4.79 Å². The molecule has 0 heterocycles. The molecule has 0 aliphatic heterocycles. The second kappa shape index (κ2) is 7.55. The summed E-state index contributed by atoms with van der Waals surface area (Å²) in [5, 5.41) is 8.37. The van der Waals surface area contributed by atoms with Gasteiger partial charge in [-0.2, -0.15) is 0 Å².